The van der Waals surface area contributed by atoms with Crippen molar-refractivity contribution in [2.24, 2.45) is 0 Å². The summed E-state index contributed by atoms with van der Waals surface area (Å²) in [5.74, 6) is -2.58. The fraction of sp³-hybridized carbons (Fsp3) is 0.395. The van der Waals surface area contributed by atoms with E-state index in [0.29, 0.717) is 17.7 Å². The van der Waals surface area contributed by atoms with E-state index >= 15 is 0 Å². The SMILES string of the molecule is O=C(NCc1cccc(-c2cccc([C@H]3O[C@@H](CN4CCN(Cc5ccccc5)CC4)C[C@@H](c4ccc(CO)cc4)O3)c2)c1)[C@@H]1CCCN1C(=O)C(F)(F)F. The van der Waals surface area contributed by atoms with Crippen LogP contribution in [0.5, 0.6) is 0 Å². The van der Waals surface area contributed by atoms with Crippen molar-refractivity contribution >= 4 is 11.8 Å². The molecule has 3 aliphatic rings. The third-order valence-electron chi connectivity index (χ3n) is 10.7. The Balaban J connectivity index is 1.02. The number of likely N-dealkylation sites (tertiary alicyclic amines) is 1. The van der Waals surface area contributed by atoms with Crippen molar-refractivity contribution in [3.05, 3.63) is 131 Å². The van der Waals surface area contributed by atoms with Crippen molar-refractivity contribution in [2.45, 2.75) is 69.7 Å². The number of nitrogens with zero attached hydrogens (tertiary/aromatic N) is 3. The number of aliphatic hydroxyl groups excluding tert-OH is 1. The number of benzene rings is 4. The van der Waals surface area contributed by atoms with Gasteiger partial charge >= 0.3 is 12.1 Å². The highest BCUT2D eigenvalue weighted by Crippen LogP contribution is 2.39. The molecule has 290 valence electrons. The Bertz CT molecular complexity index is 1900. The van der Waals surface area contributed by atoms with Crippen LogP contribution in [0.4, 0.5) is 13.2 Å². The average Bonchev–Trinajstić information content (AvgIpc) is 3.71. The van der Waals surface area contributed by atoms with Crippen molar-refractivity contribution in [2.75, 3.05) is 39.3 Å². The lowest BCUT2D eigenvalue weighted by Gasteiger charge is -2.41. The van der Waals surface area contributed by atoms with Crippen LogP contribution in [0.2, 0.25) is 0 Å². The van der Waals surface area contributed by atoms with Gasteiger partial charge in [-0.15, -0.1) is 0 Å². The van der Waals surface area contributed by atoms with E-state index in [-0.39, 0.29) is 38.3 Å². The maximum atomic E-state index is 13.1. The highest BCUT2D eigenvalue weighted by atomic mass is 19.4. The largest absolute Gasteiger partial charge is 0.471 e. The molecule has 0 aliphatic carbocycles. The zero-order chi connectivity index (χ0) is 38.4. The van der Waals surface area contributed by atoms with E-state index in [0.717, 1.165) is 72.6 Å². The lowest BCUT2D eigenvalue weighted by molar-refractivity contribution is -0.253. The molecule has 9 nitrogen and oxygen atoms in total. The molecule has 3 saturated heterocycles. The van der Waals surface area contributed by atoms with Crippen molar-refractivity contribution in [1.82, 2.24) is 20.0 Å². The summed E-state index contributed by atoms with van der Waals surface area (Å²) >= 11 is 0. The zero-order valence-electron chi connectivity index (χ0n) is 30.7. The molecule has 0 spiro atoms. The van der Waals surface area contributed by atoms with E-state index in [1.807, 2.05) is 78.9 Å². The molecule has 4 aromatic rings. The number of hydrogen-bond donors (Lipinski definition) is 2. The Morgan fingerprint density at radius 1 is 0.745 bits per heavy atom. The van der Waals surface area contributed by atoms with Crippen LogP contribution < -0.4 is 5.32 Å². The number of hydrogen-bond acceptors (Lipinski definition) is 7. The predicted molar refractivity (Wildman–Crippen MR) is 201 cm³/mol. The number of ether oxygens (including phenoxy) is 2. The number of alkyl halides is 3. The van der Waals surface area contributed by atoms with E-state index in [9.17, 15) is 27.9 Å². The van der Waals surface area contributed by atoms with Gasteiger partial charge in [0.2, 0.25) is 5.91 Å². The number of amides is 2. The van der Waals surface area contributed by atoms with Gasteiger partial charge in [-0.3, -0.25) is 19.4 Å². The highest BCUT2D eigenvalue weighted by Gasteiger charge is 2.47. The fourth-order valence-corrected chi connectivity index (χ4v) is 7.77. The van der Waals surface area contributed by atoms with Gasteiger partial charge in [-0.2, -0.15) is 13.2 Å². The summed E-state index contributed by atoms with van der Waals surface area (Å²) in [4.78, 5) is 30.4. The summed E-state index contributed by atoms with van der Waals surface area (Å²) in [7, 11) is 0. The van der Waals surface area contributed by atoms with Crippen molar-refractivity contribution in [3.63, 3.8) is 0 Å². The van der Waals surface area contributed by atoms with E-state index < -0.39 is 30.3 Å². The van der Waals surface area contributed by atoms with Gasteiger partial charge in [0.05, 0.1) is 18.8 Å². The quantitative estimate of drug-likeness (QED) is 0.184. The minimum atomic E-state index is -5.02. The van der Waals surface area contributed by atoms with E-state index in [1.165, 1.54) is 5.56 Å². The number of halogens is 3. The first kappa shape index (κ1) is 38.7. The molecule has 0 radical (unpaired) electrons. The molecular weight excluding hydrogens is 709 g/mol. The maximum absolute atomic E-state index is 13.1. The van der Waals surface area contributed by atoms with Crippen LogP contribution in [0, 0.1) is 0 Å². The van der Waals surface area contributed by atoms with Gasteiger partial charge < -0.3 is 24.8 Å². The standard InChI is InChI=1S/C43H47F3N4O5/c44-43(45,46)42(53)50-18-6-13-38(50)40(52)47-26-32-9-4-10-34(23-32)35-11-5-12-36(24-35)41-54-37(25-39(55-41)33-16-14-31(29-51)15-17-33)28-49-21-19-48(20-22-49)27-30-7-2-1-3-8-30/h1-5,7-12,14-17,23-24,37-39,41,51H,6,13,18-22,25-29H2,(H,47,52)/t37-,38+,39+,41+/m1/s1. The van der Waals surface area contributed by atoms with Crippen LogP contribution in [0.3, 0.4) is 0 Å². The third kappa shape index (κ3) is 9.81. The minimum absolute atomic E-state index is 0.0289. The van der Waals surface area contributed by atoms with Crippen LogP contribution in [-0.4, -0.2) is 89.2 Å². The van der Waals surface area contributed by atoms with Gasteiger partial charge in [0, 0.05) is 64.3 Å². The molecule has 2 N–H and O–H groups in total. The number of nitrogens with one attached hydrogen (secondary N) is 1. The Kier molecular flexibility index (Phi) is 12.3. The topological polar surface area (TPSA) is 94.6 Å². The maximum Gasteiger partial charge on any atom is 0.471 e. The molecule has 4 atom stereocenters. The van der Waals surface area contributed by atoms with E-state index in [4.69, 9.17) is 9.47 Å². The van der Waals surface area contributed by atoms with E-state index in [1.54, 1.807) is 0 Å². The van der Waals surface area contributed by atoms with Gasteiger partial charge in [-0.25, -0.2) is 0 Å². The number of piperazine rings is 1. The minimum Gasteiger partial charge on any atom is -0.392 e. The zero-order valence-corrected chi connectivity index (χ0v) is 30.7. The van der Waals surface area contributed by atoms with Crippen molar-refractivity contribution in [1.29, 1.82) is 0 Å². The van der Waals surface area contributed by atoms with Crippen LogP contribution in [-0.2, 0) is 38.8 Å². The van der Waals surface area contributed by atoms with Gasteiger partial charge in [0.15, 0.2) is 6.29 Å². The molecule has 0 saturated carbocycles. The second-order valence-electron chi connectivity index (χ2n) is 14.6. The molecule has 12 heteroatoms. The Hall–Kier alpha value is -4.59. The van der Waals surface area contributed by atoms with Crippen LogP contribution in [0.15, 0.2) is 103 Å². The summed E-state index contributed by atoms with van der Waals surface area (Å²) in [6, 6.07) is 32.8. The molecule has 3 heterocycles. The Morgan fingerprint density at radius 2 is 1.44 bits per heavy atom. The predicted octanol–water partition coefficient (Wildman–Crippen LogP) is 6.38. The van der Waals surface area contributed by atoms with Crippen molar-refractivity contribution < 1.29 is 37.3 Å². The monoisotopic (exact) mass is 756 g/mol. The molecule has 2 amide bonds. The van der Waals surface area contributed by atoms with Crippen LogP contribution >= 0.6 is 0 Å². The van der Waals surface area contributed by atoms with Gasteiger partial charge in [0.1, 0.15) is 6.04 Å². The first-order valence-electron chi connectivity index (χ1n) is 19.0. The second-order valence-corrected chi connectivity index (χ2v) is 14.6. The first-order chi connectivity index (χ1) is 26.6. The number of carbonyl (C=O) groups excluding carboxylic acids is 2. The average molecular weight is 757 g/mol. The van der Waals surface area contributed by atoms with Gasteiger partial charge in [-0.1, -0.05) is 91.0 Å². The number of aliphatic hydroxyl groups is 1. The van der Waals surface area contributed by atoms with Gasteiger partial charge in [0.25, 0.3) is 0 Å². The van der Waals surface area contributed by atoms with Gasteiger partial charge in [-0.05, 0) is 58.4 Å². The summed E-state index contributed by atoms with van der Waals surface area (Å²) in [5.41, 5.74) is 6.61. The normalized spacial score (nSPS) is 22.4. The summed E-state index contributed by atoms with van der Waals surface area (Å²) in [6.07, 6.45) is -4.73. The third-order valence-corrected chi connectivity index (χ3v) is 10.7. The molecule has 3 aliphatic heterocycles. The molecule has 7 rings (SSSR count). The van der Waals surface area contributed by atoms with Crippen LogP contribution in [0.1, 0.15) is 59.5 Å². The molecule has 3 fully saturated rings. The fourth-order valence-electron chi connectivity index (χ4n) is 7.77. The lowest BCUT2D eigenvalue weighted by atomic mass is 9.98. The Morgan fingerprint density at radius 3 is 2.16 bits per heavy atom. The second kappa shape index (κ2) is 17.5. The molecule has 0 bridgehead atoms. The van der Waals surface area contributed by atoms with E-state index in [2.05, 4.69) is 39.4 Å². The molecule has 4 aromatic carbocycles. The smallest absolute Gasteiger partial charge is 0.392 e. The lowest BCUT2D eigenvalue weighted by Crippen LogP contribution is -2.50. The molecule has 0 aromatic heterocycles. The first-order valence-corrected chi connectivity index (χ1v) is 19.0. The summed E-state index contributed by atoms with van der Waals surface area (Å²) in [6.45, 7) is 5.56. The Labute approximate surface area is 319 Å². The summed E-state index contributed by atoms with van der Waals surface area (Å²) < 4.78 is 52.7. The summed E-state index contributed by atoms with van der Waals surface area (Å²) in [5, 5.41) is 12.4. The number of rotatable bonds is 11. The van der Waals surface area contributed by atoms with Crippen LogP contribution in [0.25, 0.3) is 11.1 Å². The molecule has 55 heavy (non-hydrogen) atoms. The number of carbonyl (C=O) groups is 2. The molecule has 0 unspecified atom stereocenters. The highest BCUT2D eigenvalue weighted by molar-refractivity contribution is 5.90. The van der Waals surface area contributed by atoms with Crippen molar-refractivity contribution in [3.8, 4) is 11.1 Å². The molecular formula is C43H47F3N4O5.